The Morgan fingerprint density at radius 3 is 3.07 bits per heavy atom. The fraction of sp³-hybridized carbons (Fsp3) is 0.500. The number of aromatic nitrogens is 2. The van der Waals surface area contributed by atoms with E-state index in [0.717, 1.165) is 0 Å². The lowest BCUT2D eigenvalue weighted by atomic mass is 10.5. The Hall–Kier alpha value is -1.17. The number of nitrogens with zero attached hydrogens (tertiary/aromatic N) is 2. The molecule has 78 valence electrons. The third kappa shape index (κ3) is 3.69. The summed E-state index contributed by atoms with van der Waals surface area (Å²) in [5.74, 6) is 2.23. The molecule has 3 N–H and O–H groups in total. The van der Waals surface area contributed by atoms with Crippen LogP contribution in [0.15, 0.2) is 12.3 Å². The van der Waals surface area contributed by atoms with Gasteiger partial charge in [0.25, 0.3) is 0 Å². The van der Waals surface area contributed by atoms with Gasteiger partial charge in [-0.2, -0.15) is 4.98 Å². The second-order valence-electron chi connectivity index (χ2n) is 2.66. The second kappa shape index (κ2) is 5.54. The molecule has 0 bridgehead atoms. The lowest BCUT2D eigenvalue weighted by Crippen LogP contribution is -2.13. The lowest BCUT2D eigenvalue weighted by Gasteiger charge is -2.04. The SMILES string of the molecule is CCS(=O)CCNc1ccnc(N)n1. The molecular weight excluding hydrogens is 200 g/mol. The Balaban J connectivity index is 2.35. The van der Waals surface area contributed by atoms with Crippen molar-refractivity contribution in [1.82, 2.24) is 9.97 Å². The first-order valence-corrected chi connectivity index (χ1v) is 5.88. The van der Waals surface area contributed by atoms with Gasteiger partial charge in [0, 0.05) is 35.0 Å². The molecule has 0 amide bonds. The van der Waals surface area contributed by atoms with Gasteiger partial charge in [0.2, 0.25) is 5.95 Å². The molecule has 1 rings (SSSR count). The van der Waals surface area contributed by atoms with E-state index in [0.29, 0.717) is 23.9 Å². The number of hydrogen-bond acceptors (Lipinski definition) is 5. The van der Waals surface area contributed by atoms with E-state index in [9.17, 15) is 4.21 Å². The van der Waals surface area contributed by atoms with Gasteiger partial charge >= 0.3 is 0 Å². The van der Waals surface area contributed by atoms with Crippen LogP contribution in [-0.4, -0.2) is 32.2 Å². The van der Waals surface area contributed by atoms with E-state index in [1.165, 1.54) is 0 Å². The summed E-state index contributed by atoms with van der Waals surface area (Å²) in [4.78, 5) is 7.72. The fourth-order valence-corrected chi connectivity index (χ4v) is 1.53. The van der Waals surface area contributed by atoms with E-state index in [-0.39, 0.29) is 5.95 Å². The van der Waals surface area contributed by atoms with E-state index in [1.54, 1.807) is 12.3 Å². The summed E-state index contributed by atoms with van der Waals surface area (Å²) < 4.78 is 11.1. The summed E-state index contributed by atoms with van der Waals surface area (Å²) >= 11 is 0. The zero-order chi connectivity index (χ0) is 10.4. The zero-order valence-electron chi connectivity index (χ0n) is 8.06. The lowest BCUT2D eigenvalue weighted by molar-refractivity contribution is 0.684. The molecule has 0 aliphatic heterocycles. The molecule has 0 aromatic carbocycles. The molecule has 0 saturated heterocycles. The van der Waals surface area contributed by atoms with Crippen LogP contribution in [0.25, 0.3) is 0 Å². The van der Waals surface area contributed by atoms with Gasteiger partial charge in [-0.15, -0.1) is 0 Å². The third-order valence-electron chi connectivity index (χ3n) is 1.63. The van der Waals surface area contributed by atoms with Crippen LogP contribution in [0, 0.1) is 0 Å². The molecule has 1 atom stereocenters. The van der Waals surface area contributed by atoms with Crippen molar-refractivity contribution in [3.05, 3.63) is 12.3 Å². The minimum atomic E-state index is -0.743. The van der Waals surface area contributed by atoms with Crippen LogP contribution in [0.3, 0.4) is 0 Å². The number of nitrogen functional groups attached to an aromatic ring is 1. The highest BCUT2D eigenvalue weighted by Crippen LogP contribution is 2.01. The Morgan fingerprint density at radius 1 is 1.64 bits per heavy atom. The standard InChI is InChI=1S/C8H14N4OS/c1-2-14(13)6-5-10-7-3-4-11-8(9)12-7/h3-4H,2,5-6H2,1H3,(H3,9,10,11,12). The molecule has 1 heterocycles. The molecule has 0 fully saturated rings. The van der Waals surface area contributed by atoms with Gasteiger partial charge in [-0.05, 0) is 6.07 Å². The number of rotatable bonds is 5. The zero-order valence-corrected chi connectivity index (χ0v) is 8.88. The summed E-state index contributed by atoms with van der Waals surface area (Å²) in [6.07, 6.45) is 1.58. The van der Waals surface area contributed by atoms with Crippen LogP contribution >= 0.6 is 0 Å². The van der Waals surface area contributed by atoms with Crippen LogP contribution in [0.1, 0.15) is 6.92 Å². The van der Waals surface area contributed by atoms with E-state index >= 15 is 0 Å². The third-order valence-corrected chi connectivity index (χ3v) is 2.94. The van der Waals surface area contributed by atoms with Gasteiger partial charge in [-0.25, -0.2) is 4.98 Å². The maximum atomic E-state index is 11.1. The predicted molar refractivity (Wildman–Crippen MR) is 58.5 cm³/mol. The first-order chi connectivity index (χ1) is 6.72. The van der Waals surface area contributed by atoms with E-state index < -0.39 is 10.8 Å². The molecule has 0 radical (unpaired) electrons. The number of hydrogen-bond donors (Lipinski definition) is 2. The largest absolute Gasteiger partial charge is 0.369 e. The minimum absolute atomic E-state index is 0.242. The summed E-state index contributed by atoms with van der Waals surface area (Å²) in [5.41, 5.74) is 5.39. The Morgan fingerprint density at radius 2 is 2.43 bits per heavy atom. The van der Waals surface area contributed by atoms with Crippen LogP contribution < -0.4 is 11.1 Å². The summed E-state index contributed by atoms with van der Waals surface area (Å²) in [6, 6.07) is 1.73. The van der Waals surface area contributed by atoms with E-state index in [4.69, 9.17) is 5.73 Å². The average molecular weight is 214 g/mol. The molecule has 1 unspecified atom stereocenters. The molecular formula is C8H14N4OS. The van der Waals surface area contributed by atoms with Gasteiger partial charge in [0.05, 0.1) is 0 Å². The smallest absolute Gasteiger partial charge is 0.221 e. The average Bonchev–Trinajstić information content (AvgIpc) is 2.17. The molecule has 0 saturated carbocycles. The molecule has 1 aromatic heterocycles. The van der Waals surface area contributed by atoms with E-state index in [1.807, 2.05) is 6.92 Å². The van der Waals surface area contributed by atoms with Gasteiger partial charge in [-0.3, -0.25) is 4.21 Å². The highest BCUT2D eigenvalue weighted by molar-refractivity contribution is 7.84. The highest BCUT2D eigenvalue weighted by Gasteiger charge is 1.97. The van der Waals surface area contributed by atoms with Crippen LogP contribution in [0.5, 0.6) is 0 Å². The monoisotopic (exact) mass is 214 g/mol. The second-order valence-corrected chi connectivity index (χ2v) is 4.52. The van der Waals surface area contributed by atoms with Crippen molar-refractivity contribution in [3.8, 4) is 0 Å². The highest BCUT2D eigenvalue weighted by atomic mass is 32.2. The van der Waals surface area contributed by atoms with Gasteiger partial charge in [0.1, 0.15) is 5.82 Å². The van der Waals surface area contributed by atoms with Crippen molar-refractivity contribution in [1.29, 1.82) is 0 Å². The van der Waals surface area contributed by atoms with Crippen molar-refractivity contribution in [3.63, 3.8) is 0 Å². The first-order valence-electron chi connectivity index (χ1n) is 4.39. The van der Waals surface area contributed by atoms with Crippen molar-refractivity contribution in [2.45, 2.75) is 6.92 Å². The Kier molecular flexibility index (Phi) is 4.31. The van der Waals surface area contributed by atoms with Crippen LogP contribution in [0.2, 0.25) is 0 Å². The molecule has 6 heteroatoms. The Labute approximate surface area is 85.6 Å². The maximum Gasteiger partial charge on any atom is 0.221 e. The molecule has 0 aliphatic carbocycles. The van der Waals surface area contributed by atoms with Gasteiger partial charge in [-0.1, -0.05) is 6.92 Å². The van der Waals surface area contributed by atoms with Gasteiger partial charge < -0.3 is 11.1 Å². The fourth-order valence-electron chi connectivity index (χ4n) is 0.910. The first kappa shape index (κ1) is 10.9. The molecule has 0 aliphatic rings. The normalized spacial score (nSPS) is 12.4. The van der Waals surface area contributed by atoms with Crippen LogP contribution in [0.4, 0.5) is 11.8 Å². The maximum absolute atomic E-state index is 11.1. The van der Waals surface area contributed by atoms with E-state index in [2.05, 4.69) is 15.3 Å². The topological polar surface area (TPSA) is 80.9 Å². The minimum Gasteiger partial charge on any atom is -0.369 e. The summed E-state index contributed by atoms with van der Waals surface area (Å²) in [5, 5.41) is 3.03. The van der Waals surface area contributed by atoms with Gasteiger partial charge in [0.15, 0.2) is 0 Å². The molecule has 14 heavy (non-hydrogen) atoms. The predicted octanol–water partition coefficient (Wildman–Crippen LogP) is 0.239. The molecule has 5 nitrogen and oxygen atoms in total. The van der Waals surface area contributed by atoms with Crippen molar-refractivity contribution in [2.24, 2.45) is 0 Å². The number of nitrogens with two attached hydrogens (primary N) is 1. The number of nitrogens with one attached hydrogen (secondary N) is 1. The summed E-state index contributed by atoms with van der Waals surface area (Å²) in [6.45, 7) is 2.54. The number of anilines is 2. The quantitative estimate of drug-likeness (QED) is 0.733. The van der Waals surface area contributed by atoms with Crippen molar-refractivity contribution < 1.29 is 4.21 Å². The Bertz CT molecular complexity index is 318. The van der Waals surface area contributed by atoms with Crippen LogP contribution in [-0.2, 0) is 10.8 Å². The van der Waals surface area contributed by atoms with Crippen molar-refractivity contribution in [2.75, 3.05) is 29.1 Å². The molecule has 0 spiro atoms. The van der Waals surface area contributed by atoms with Crippen molar-refractivity contribution >= 4 is 22.6 Å². The summed E-state index contributed by atoms with van der Waals surface area (Å²) in [7, 11) is -0.743. The molecule has 1 aromatic rings.